The van der Waals surface area contributed by atoms with Crippen molar-refractivity contribution in [2.24, 2.45) is 5.92 Å². The maximum absolute atomic E-state index is 13.0. The molecule has 0 aliphatic heterocycles. The average molecular weight is 257 g/mol. The largest absolute Gasteiger partial charge is 0.349 e. The van der Waals surface area contributed by atoms with Crippen molar-refractivity contribution in [1.82, 2.24) is 5.32 Å². The molecule has 1 aromatic carbocycles. The van der Waals surface area contributed by atoms with Crippen LogP contribution in [0, 0.1) is 23.4 Å². The Labute approximate surface area is 103 Å². The van der Waals surface area contributed by atoms with Crippen molar-refractivity contribution < 1.29 is 18.0 Å². The quantitative estimate of drug-likeness (QED) is 0.825. The fourth-order valence-corrected chi connectivity index (χ4v) is 2.05. The topological polar surface area (TPSA) is 29.1 Å². The fraction of sp³-hybridized carbons (Fsp3) is 0.462. The number of hydrogen-bond acceptors (Lipinski definition) is 1. The van der Waals surface area contributed by atoms with Crippen LogP contribution in [-0.4, -0.2) is 11.9 Å². The Bertz CT molecular complexity index is 452. The lowest BCUT2D eigenvalue weighted by molar-refractivity contribution is 0.0947. The van der Waals surface area contributed by atoms with E-state index in [0.29, 0.717) is 18.1 Å². The van der Waals surface area contributed by atoms with Gasteiger partial charge in [-0.25, -0.2) is 13.2 Å². The summed E-state index contributed by atoms with van der Waals surface area (Å²) >= 11 is 0. The second kappa shape index (κ2) is 5.00. The predicted molar refractivity (Wildman–Crippen MR) is 60.6 cm³/mol. The zero-order valence-corrected chi connectivity index (χ0v) is 9.97. The predicted octanol–water partition coefficient (Wildman–Crippen LogP) is 3.02. The van der Waals surface area contributed by atoms with Gasteiger partial charge in [-0.3, -0.25) is 4.79 Å². The summed E-state index contributed by atoms with van der Waals surface area (Å²) in [6.07, 6.45) is 2.96. The normalized spacial score (nSPS) is 21.8. The molecule has 0 radical (unpaired) electrons. The van der Waals surface area contributed by atoms with Crippen LogP contribution in [0.4, 0.5) is 13.2 Å². The van der Waals surface area contributed by atoms with Gasteiger partial charge in [-0.05, 0) is 30.9 Å². The molecule has 0 spiro atoms. The van der Waals surface area contributed by atoms with Crippen molar-refractivity contribution in [2.45, 2.75) is 32.2 Å². The number of carbonyl (C=O) groups is 1. The molecular weight excluding hydrogens is 243 g/mol. The molecule has 1 saturated carbocycles. The molecular formula is C13H14F3NO. The van der Waals surface area contributed by atoms with Crippen molar-refractivity contribution >= 4 is 5.91 Å². The van der Waals surface area contributed by atoms with Gasteiger partial charge in [-0.2, -0.15) is 0 Å². The monoisotopic (exact) mass is 257 g/mol. The minimum absolute atomic E-state index is 0.0774. The summed E-state index contributed by atoms with van der Waals surface area (Å²) in [4.78, 5) is 11.7. The molecule has 18 heavy (non-hydrogen) atoms. The number of carbonyl (C=O) groups excluding carboxylic acids is 1. The fourth-order valence-electron chi connectivity index (χ4n) is 2.05. The van der Waals surface area contributed by atoms with Gasteiger partial charge < -0.3 is 5.32 Å². The molecule has 2 atom stereocenters. The van der Waals surface area contributed by atoms with Crippen molar-refractivity contribution in [2.75, 3.05) is 0 Å². The van der Waals surface area contributed by atoms with Crippen LogP contribution in [0.1, 0.15) is 36.5 Å². The Hall–Kier alpha value is -1.52. The molecule has 1 fully saturated rings. The van der Waals surface area contributed by atoms with E-state index in [4.69, 9.17) is 0 Å². The molecule has 0 heterocycles. The van der Waals surface area contributed by atoms with Gasteiger partial charge in [0.25, 0.3) is 5.91 Å². The minimum Gasteiger partial charge on any atom is -0.349 e. The van der Waals surface area contributed by atoms with Crippen LogP contribution >= 0.6 is 0 Å². The molecule has 1 aromatic rings. The third kappa shape index (κ3) is 2.66. The van der Waals surface area contributed by atoms with Gasteiger partial charge in [-0.1, -0.05) is 13.3 Å². The molecule has 0 bridgehead atoms. The highest BCUT2D eigenvalue weighted by molar-refractivity contribution is 5.94. The van der Waals surface area contributed by atoms with E-state index in [2.05, 4.69) is 12.2 Å². The van der Waals surface area contributed by atoms with E-state index in [-0.39, 0.29) is 11.6 Å². The van der Waals surface area contributed by atoms with Gasteiger partial charge in [0.15, 0.2) is 17.5 Å². The highest BCUT2D eigenvalue weighted by atomic mass is 19.2. The standard InChI is InChI=1S/C13H14F3NO/c1-2-3-7-6-11(7)17-13(18)8-4-9(14)12(16)10(15)5-8/h4-5,7,11H,2-3,6H2,1H3,(H,17,18). The van der Waals surface area contributed by atoms with Crippen LogP contribution < -0.4 is 5.32 Å². The van der Waals surface area contributed by atoms with Gasteiger partial charge in [-0.15, -0.1) is 0 Å². The van der Waals surface area contributed by atoms with Gasteiger partial charge in [0.05, 0.1) is 0 Å². The zero-order chi connectivity index (χ0) is 13.3. The summed E-state index contributed by atoms with van der Waals surface area (Å²) in [5.41, 5.74) is -0.187. The van der Waals surface area contributed by atoms with Gasteiger partial charge in [0.2, 0.25) is 0 Å². The minimum atomic E-state index is -1.55. The molecule has 0 aromatic heterocycles. The molecule has 5 heteroatoms. The Kier molecular flexibility index (Phi) is 3.59. The first-order chi connectivity index (χ1) is 8.52. The van der Waals surface area contributed by atoms with Gasteiger partial charge >= 0.3 is 0 Å². The lowest BCUT2D eigenvalue weighted by Gasteiger charge is -2.05. The third-order valence-electron chi connectivity index (χ3n) is 3.14. The molecule has 1 N–H and O–H groups in total. The summed E-state index contributed by atoms with van der Waals surface area (Å²) < 4.78 is 38.6. The number of halogens is 3. The second-order valence-corrected chi connectivity index (χ2v) is 4.62. The maximum atomic E-state index is 13.0. The summed E-state index contributed by atoms with van der Waals surface area (Å²) in [6, 6.07) is 1.50. The van der Waals surface area contributed by atoms with E-state index in [9.17, 15) is 18.0 Å². The van der Waals surface area contributed by atoms with Crippen LogP contribution in [0.3, 0.4) is 0 Å². The van der Waals surface area contributed by atoms with E-state index in [1.807, 2.05) is 0 Å². The number of rotatable bonds is 4. The Morgan fingerprint density at radius 2 is 1.94 bits per heavy atom. The van der Waals surface area contributed by atoms with Gasteiger partial charge in [0, 0.05) is 11.6 Å². The molecule has 1 aliphatic carbocycles. The molecule has 1 amide bonds. The van der Waals surface area contributed by atoms with Crippen molar-refractivity contribution in [3.05, 3.63) is 35.1 Å². The number of hydrogen-bond donors (Lipinski definition) is 1. The number of nitrogens with one attached hydrogen (secondary N) is 1. The molecule has 0 saturated heterocycles. The first-order valence-electron chi connectivity index (χ1n) is 5.98. The molecule has 2 nitrogen and oxygen atoms in total. The molecule has 2 unspecified atom stereocenters. The SMILES string of the molecule is CCCC1CC1NC(=O)c1cc(F)c(F)c(F)c1. The highest BCUT2D eigenvalue weighted by Gasteiger charge is 2.37. The van der Waals surface area contributed by atoms with E-state index in [1.54, 1.807) is 0 Å². The summed E-state index contributed by atoms with van der Waals surface area (Å²) in [5, 5.41) is 2.68. The Morgan fingerprint density at radius 1 is 1.33 bits per heavy atom. The van der Waals surface area contributed by atoms with Crippen LogP contribution in [0.5, 0.6) is 0 Å². The zero-order valence-electron chi connectivity index (χ0n) is 9.97. The first kappa shape index (κ1) is 12.9. The Morgan fingerprint density at radius 3 is 2.50 bits per heavy atom. The number of amides is 1. The van der Waals surface area contributed by atoms with Crippen LogP contribution in [0.25, 0.3) is 0 Å². The molecule has 98 valence electrons. The molecule has 2 rings (SSSR count). The van der Waals surface area contributed by atoms with Crippen LogP contribution in [0.2, 0.25) is 0 Å². The van der Waals surface area contributed by atoms with E-state index < -0.39 is 23.4 Å². The average Bonchev–Trinajstić information content (AvgIpc) is 3.04. The highest BCUT2D eigenvalue weighted by Crippen LogP contribution is 2.34. The van der Waals surface area contributed by atoms with Crippen molar-refractivity contribution in [1.29, 1.82) is 0 Å². The van der Waals surface area contributed by atoms with Crippen molar-refractivity contribution in [3.8, 4) is 0 Å². The second-order valence-electron chi connectivity index (χ2n) is 4.62. The lowest BCUT2D eigenvalue weighted by atomic mass is 10.2. The Balaban J connectivity index is 2.02. The van der Waals surface area contributed by atoms with Gasteiger partial charge in [0.1, 0.15) is 0 Å². The molecule has 1 aliphatic rings. The maximum Gasteiger partial charge on any atom is 0.251 e. The van der Waals surface area contributed by atoms with E-state index in [0.717, 1.165) is 19.3 Å². The number of benzene rings is 1. The lowest BCUT2D eigenvalue weighted by Crippen LogP contribution is -2.27. The summed E-state index contributed by atoms with van der Waals surface area (Å²) in [7, 11) is 0. The smallest absolute Gasteiger partial charge is 0.251 e. The van der Waals surface area contributed by atoms with E-state index in [1.165, 1.54) is 0 Å². The van der Waals surface area contributed by atoms with Crippen molar-refractivity contribution in [3.63, 3.8) is 0 Å². The summed E-state index contributed by atoms with van der Waals surface area (Å²) in [6.45, 7) is 2.06. The third-order valence-corrected chi connectivity index (χ3v) is 3.14. The van der Waals surface area contributed by atoms with Crippen LogP contribution in [-0.2, 0) is 0 Å². The van der Waals surface area contributed by atoms with Crippen LogP contribution in [0.15, 0.2) is 12.1 Å². The summed E-state index contributed by atoms with van der Waals surface area (Å²) in [5.74, 6) is -4.35. The first-order valence-corrected chi connectivity index (χ1v) is 5.98. The van der Waals surface area contributed by atoms with E-state index >= 15 is 0 Å².